The molecule has 1 aliphatic rings. The molecule has 6 nitrogen and oxygen atoms in total. The highest BCUT2D eigenvalue weighted by molar-refractivity contribution is 8.12. The summed E-state index contributed by atoms with van der Waals surface area (Å²) in [6.45, 7) is 3.78. The van der Waals surface area contributed by atoms with E-state index >= 15 is 0 Å². The molecule has 0 amide bonds. The summed E-state index contributed by atoms with van der Waals surface area (Å²) in [7, 11) is -4.17. The number of nitrogens with one attached hydrogen (secondary N) is 1. The van der Waals surface area contributed by atoms with Crippen LogP contribution in [-0.2, 0) is 19.6 Å². The van der Waals surface area contributed by atoms with Crippen LogP contribution in [0.2, 0.25) is 0 Å². The molecule has 0 saturated carbocycles. The number of ether oxygens (including phenoxy) is 1. The Kier molecular flexibility index (Phi) is 4.26. The molecule has 2 unspecified atom stereocenters. The average molecular weight is 317 g/mol. The van der Waals surface area contributed by atoms with Gasteiger partial charge in [-0.05, 0) is 31.5 Å². The summed E-state index contributed by atoms with van der Waals surface area (Å²) < 4.78 is 35.1. The lowest BCUT2D eigenvalue weighted by molar-refractivity contribution is -0.144. The topological polar surface area (TPSA) is 92.7 Å². The zero-order valence-electron chi connectivity index (χ0n) is 11.0. The lowest BCUT2D eigenvalue weighted by Crippen LogP contribution is -2.21. The van der Waals surface area contributed by atoms with Gasteiger partial charge in [-0.15, -0.1) is 0 Å². The van der Waals surface area contributed by atoms with Crippen molar-refractivity contribution < 1.29 is 22.5 Å². The quantitative estimate of drug-likeness (QED) is 0.648. The van der Waals surface area contributed by atoms with E-state index in [1.54, 1.807) is 32.0 Å². The van der Waals surface area contributed by atoms with Crippen molar-refractivity contribution in [3.8, 4) is 0 Å². The molecule has 1 heterocycles. The number of rotatable bonds is 4. The van der Waals surface area contributed by atoms with Gasteiger partial charge in [0.15, 0.2) is 0 Å². The molecule has 2 rings (SSSR count). The Balaban J connectivity index is 2.21. The molecule has 8 heteroatoms. The van der Waals surface area contributed by atoms with Crippen LogP contribution in [0.15, 0.2) is 23.1 Å². The third kappa shape index (κ3) is 3.08. The third-order valence-electron chi connectivity index (χ3n) is 2.92. The van der Waals surface area contributed by atoms with Crippen LogP contribution >= 0.6 is 11.8 Å². The molecule has 110 valence electrons. The van der Waals surface area contributed by atoms with Gasteiger partial charge in [-0.1, -0.05) is 17.8 Å². The van der Waals surface area contributed by atoms with Crippen LogP contribution in [0.3, 0.4) is 0 Å². The summed E-state index contributed by atoms with van der Waals surface area (Å²) in [5, 5.41) is 2.70. The monoisotopic (exact) mass is 317 g/mol. The van der Waals surface area contributed by atoms with Crippen LogP contribution in [0.5, 0.6) is 0 Å². The predicted octanol–water partition coefficient (Wildman–Crippen LogP) is 2.04. The smallest absolute Gasteiger partial charge is 0.313 e. The van der Waals surface area contributed by atoms with Crippen LogP contribution in [0, 0.1) is 0 Å². The summed E-state index contributed by atoms with van der Waals surface area (Å²) in [6.07, 6.45) is 0. The number of anilines is 1. The molecule has 2 N–H and O–H groups in total. The first-order valence-electron chi connectivity index (χ1n) is 6.03. The molecule has 20 heavy (non-hydrogen) atoms. The van der Waals surface area contributed by atoms with Gasteiger partial charge >= 0.3 is 5.97 Å². The van der Waals surface area contributed by atoms with Crippen molar-refractivity contribution in [2.24, 2.45) is 0 Å². The molecule has 0 aliphatic carbocycles. The number of benzene rings is 1. The first-order chi connectivity index (χ1) is 9.32. The Hall–Kier alpha value is -1.25. The van der Waals surface area contributed by atoms with Crippen molar-refractivity contribution in [1.29, 1.82) is 0 Å². The van der Waals surface area contributed by atoms with E-state index in [1.165, 1.54) is 0 Å². The van der Waals surface area contributed by atoms with Gasteiger partial charge in [0.1, 0.15) is 0 Å². The molecule has 1 aromatic carbocycles. The zero-order chi connectivity index (χ0) is 14.9. The number of carbonyl (C=O) groups excluding carboxylic acids is 1. The maximum atomic E-state index is 11.7. The van der Waals surface area contributed by atoms with Gasteiger partial charge in [0.25, 0.3) is 10.1 Å². The number of hydrogen-bond acceptors (Lipinski definition) is 6. The van der Waals surface area contributed by atoms with E-state index in [9.17, 15) is 13.2 Å². The van der Waals surface area contributed by atoms with Gasteiger partial charge in [0.05, 0.1) is 12.5 Å². The summed E-state index contributed by atoms with van der Waals surface area (Å²) in [4.78, 5) is 12.4. The highest BCUT2D eigenvalue weighted by Gasteiger charge is 2.32. The largest absolute Gasteiger partial charge is 0.466 e. The van der Waals surface area contributed by atoms with E-state index in [1.807, 2.05) is 0 Å². The normalized spacial score (nSPS) is 19.1. The zero-order valence-corrected chi connectivity index (χ0v) is 12.6. The van der Waals surface area contributed by atoms with E-state index < -0.39 is 20.7 Å². The summed E-state index contributed by atoms with van der Waals surface area (Å²) in [5.41, 5.74) is 1.37. The van der Waals surface area contributed by atoms with Gasteiger partial charge < -0.3 is 10.1 Å². The van der Waals surface area contributed by atoms with Crippen molar-refractivity contribution in [1.82, 2.24) is 0 Å². The molecule has 1 aliphatic heterocycles. The SMILES string of the molecule is CCOC(=O)C(C)c1ccc2c(c1)SC(S(=O)(=O)O)N2. The average Bonchev–Trinajstić information content (AvgIpc) is 2.80. The minimum Gasteiger partial charge on any atom is -0.466 e. The van der Waals surface area contributed by atoms with Gasteiger partial charge in [-0.3, -0.25) is 9.35 Å². The Morgan fingerprint density at radius 3 is 2.85 bits per heavy atom. The molecule has 0 fully saturated rings. The minimum atomic E-state index is -4.17. The number of thioether (sulfide) groups is 1. The second kappa shape index (κ2) is 5.63. The highest BCUT2D eigenvalue weighted by atomic mass is 32.3. The van der Waals surface area contributed by atoms with Crippen LogP contribution < -0.4 is 5.32 Å². The van der Waals surface area contributed by atoms with Crippen LogP contribution in [0.25, 0.3) is 0 Å². The van der Waals surface area contributed by atoms with E-state index in [0.717, 1.165) is 17.3 Å². The number of esters is 1. The fourth-order valence-corrected chi connectivity index (χ4v) is 3.78. The fourth-order valence-electron chi connectivity index (χ4n) is 1.84. The summed E-state index contributed by atoms with van der Waals surface area (Å²) >= 11 is 0.999. The molecule has 1 aromatic rings. The number of fused-ring (bicyclic) bond motifs is 1. The van der Waals surface area contributed by atoms with Crippen molar-refractivity contribution in [2.75, 3.05) is 11.9 Å². The van der Waals surface area contributed by atoms with E-state index in [-0.39, 0.29) is 5.97 Å². The van der Waals surface area contributed by atoms with Gasteiger partial charge in [-0.2, -0.15) is 8.42 Å². The molecular formula is C12H15NO5S2. The Bertz CT molecular complexity index is 629. The van der Waals surface area contributed by atoms with E-state index in [4.69, 9.17) is 9.29 Å². The van der Waals surface area contributed by atoms with Crippen molar-refractivity contribution >= 4 is 33.5 Å². The van der Waals surface area contributed by atoms with E-state index in [0.29, 0.717) is 17.2 Å². The Labute approximate surface area is 121 Å². The highest BCUT2D eigenvalue weighted by Crippen LogP contribution is 2.41. The summed E-state index contributed by atoms with van der Waals surface area (Å²) in [5.74, 6) is -0.750. The Morgan fingerprint density at radius 1 is 1.55 bits per heavy atom. The lowest BCUT2D eigenvalue weighted by atomic mass is 10.0. The lowest BCUT2D eigenvalue weighted by Gasteiger charge is -2.11. The van der Waals surface area contributed by atoms with E-state index in [2.05, 4.69) is 5.32 Å². The molecule has 0 spiro atoms. The standard InChI is InChI=1S/C12H15NO5S2/c1-3-18-11(14)7(2)8-4-5-9-10(6-8)19-12(13-9)20(15,16)17/h4-7,12-13H,3H2,1-2H3,(H,15,16,17). The Morgan fingerprint density at radius 2 is 2.25 bits per heavy atom. The molecule has 0 aromatic heterocycles. The first-order valence-corrected chi connectivity index (χ1v) is 8.41. The first kappa shape index (κ1) is 15.1. The minimum absolute atomic E-state index is 0.315. The molecule has 2 atom stereocenters. The van der Waals surface area contributed by atoms with Crippen LogP contribution in [-0.4, -0.2) is 30.3 Å². The van der Waals surface area contributed by atoms with Crippen LogP contribution in [0.1, 0.15) is 25.3 Å². The van der Waals surface area contributed by atoms with Gasteiger partial charge in [0, 0.05) is 10.6 Å². The molecule has 0 saturated heterocycles. The molecular weight excluding hydrogens is 302 g/mol. The number of hydrogen-bond donors (Lipinski definition) is 2. The van der Waals surface area contributed by atoms with Crippen molar-refractivity contribution in [3.05, 3.63) is 23.8 Å². The second-order valence-corrected chi connectivity index (χ2v) is 7.29. The van der Waals surface area contributed by atoms with Crippen molar-refractivity contribution in [3.63, 3.8) is 0 Å². The van der Waals surface area contributed by atoms with Crippen LogP contribution in [0.4, 0.5) is 5.69 Å². The van der Waals surface area contributed by atoms with Crippen molar-refractivity contribution in [2.45, 2.75) is 29.4 Å². The third-order valence-corrected chi connectivity index (χ3v) is 5.52. The van der Waals surface area contributed by atoms with Gasteiger partial charge in [0.2, 0.25) is 4.71 Å². The fraction of sp³-hybridized carbons (Fsp3) is 0.417. The molecule has 0 radical (unpaired) electrons. The number of carbonyl (C=O) groups is 1. The van der Waals surface area contributed by atoms with Gasteiger partial charge in [-0.25, -0.2) is 0 Å². The maximum absolute atomic E-state index is 11.7. The predicted molar refractivity (Wildman–Crippen MR) is 76.3 cm³/mol. The maximum Gasteiger partial charge on any atom is 0.313 e. The second-order valence-electron chi connectivity index (χ2n) is 4.34. The summed E-state index contributed by atoms with van der Waals surface area (Å²) in [6, 6.07) is 5.17. The molecule has 0 bridgehead atoms.